The molecule has 0 aromatic heterocycles. The predicted molar refractivity (Wildman–Crippen MR) is 75.9 cm³/mol. The minimum atomic E-state index is -0.485. The summed E-state index contributed by atoms with van der Waals surface area (Å²) in [6.07, 6.45) is 1.83. The third-order valence-electron chi connectivity index (χ3n) is 3.47. The Labute approximate surface area is 117 Å². The maximum atomic E-state index is 13.5. The highest BCUT2D eigenvalue weighted by Crippen LogP contribution is 2.18. The van der Waals surface area contributed by atoms with Crippen LogP contribution in [0.2, 0.25) is 0 Å². The fourth-order valence-electron chi connectivity index (χ4n) is 2.31. The number of amides is 1. The Morgan fingerprint density at radius 1 is 1.50 bits per heavy atom. The highest BCUT2D eigenvalue weighted by Gasteiger charge is 2.20. The SMILES string of the molecule is CN(CC(=O)Nc1cc(N)ccc1F)C1CCOCC1. The van der Waals surface area contributed by atoms with Crippen LogP contribution in [0.5, 0.6) is 0 Å². The van der Waals surface area contributed by atoms with Crippen molar-refractivity contribution in [2.24, 2.45) is 0 Å². The lowest BCUT2D eigenvalue weighted by Gasteiger charge is -2.30. The Morgan fingerprint density at radius 3 is 2.90 bits per heavy atom. The molecule has 1 aliphatic heterocycles. The lowest BCUT2D eigenvalue weighted by molar-refractivity contribution is -0.118. The Morgan fingerprint density at radius 2 is 2.20 bits per heavy atom. The largest absolute Gasteiger partial charge is 0.399 e. The molecule has 0 unspecified atom stereocenters. The van der Waals surface area contributed by atoms with E-state index in [1.165, 1.54) is 18.2 Å². The van der Waals surface area contributed by atoms with Gasteiger partial charge in [-0.3, -0.25) is 9.69 Å². The number of benzene rings is 1. The van der Waals surface area contributed by atoms with Gasteiger partial charge in [-0.25, -0.2) is 4.39 Å². The summed E-state index contributed by atoms with van der Waals surface area (Å²) in [7, 11) is 1.89. The summed E-state index contributed by atoms with van der Waals surface area (Å²) >= 11 is 0. The standard InChI is InChI=1S/C14H20FN3O2/c1-18(11-4-6-20-7-5-11)9-14(19)17-13-8-10(16)2-3-12(13)15/h2-3,8,11H,4-7,9,16H2,1H3,(H,17,19). The summed E-state index contributed by atoms with van der Waals surface area (Å²) in [6, 6.07) is 4.45. The molecule has 110 valence electrons. The number of likely N-dealkylation sites (N-methyl/N-ethyl adjacent to an activating group) is 1. The van der Waals surface area contributed by atoms with Gasteiger partial charge in [0.1, 0.15) is 5.82 Å². The summed E-state index contributed by atoms with van der Waals surface area (Å²) in [5.41, 5.74) is 6.12. The Balaban J connectivity index is 1.89. The van der Waals surface area contributed by atoms with Gasteiger partial charge in [0.05, 0.1) is 12.2 Å². The van der Waals surface area contributed by atoms with Gasteiger partial charge in [0.2, 0.25) is 5.91 Å². The zero-order valence-electron chi connectivity index (χ0n) is 11.6. The first kappa shape index (κ1) is 14.7. The number of anilines is 2. The molecule has 1 heterocycles. The smallest absolute Gasteiger partial charge is 0.238 e. The number of nitrogens with one attached hydrogen (secondary N) is 1. The summed E-state index contributed by atoms with van der Waals surface area (Å²) in [5, 5.41) is 2.55. The minimum absolute atomic E-state index is 0.121. The number of hydrogen-bond donors (Lipinski definition) is 2. The van der Waals surface area contributed by atoms with Gasteiger partial charge in [0.25, 0.3) is 0 Å². The number of nitrogen functional groups attached to an aromatic ring is 1. The predicted octanol–water partition coefficient (Wildman–Crippen LogP) is 1.46. The van der Waals surface area contributed by atoms with E-state index in [4.69, 9.17) is 10.5 Å². The Hall–Kier alpha value is -1.66. The number of hydrogen-bond acceptors (Lipinski definition) is 4. The van der Waals surface area contributed by atoms with Crippen molar-refractivity contribution in [3.05, 3.63) is 24.0 Å². The summed E-state index contributed by atoms with van der Waals surface area (Å²) < 4.78 is 18.8. The van der Waals surface area contributed by atoms with Crippen molar-refractivity contribution in [2.45, 2.75) is 18.9 Å². The molecule has 1 aliphatic rings. The molecule has 20 heavy (non-hydrogen) atoms. The van der Waals surface area contributed by atoms with E-state index in [0.29, 0.717) is 11.7 Å². The molecule has 1 saturated heterocycles. The summed E-state index contributed by atoms with van der Waals surface area (Å²) in [6.45, 7) is 1.67. The van der Waals surface area contributed by atoms with Gasteiger partial charge in [-0.2, -0.15) is 0 Å². The monoisotopic (exact) mass is 281 g/mol. The zero-order valence-corrected chi connectivity index (χ0v) is 11.6. The van der Waals surface area contributed by atoms with Gasteiger partial charge in [0, 0.05) is 24.9 Å². The molecule has 6 heteroatoms. The van der Waals surface area contributed by atoms with Gasteiger partial charge in [-0.15, -0.1) is 0 Å². The molecule has 0 atom stereocenters. The van der Waals surface area contributed by atoms with Crippen LogP contribution in [0.4, 0.5) is 15.8 Å². The fraction of sp³-hybridized carbons (Fsp3) is 0.500. The van der Waals surface area contributed by atoms with E-state index in [-0.39, 0.29) is 18.1 Å². The quantitative estimate of drug-likeness (QED) is 0.820. The topological polar surface area (TPSA) is 67.6 Å². The van der Waals surface area contributed by atoms with Gasteiger partial charge < -0.3 is 15.8 Å². The second-order valence-corrected chi connectivity index (χ2v) is 5.05. The lowest BCUT2D eigenvalue weighted by Crippen LogP contribution is -2.41. The van der Waals surface area contributed by atoms with Crippen LogP contribution in [0, 0.1) is 5.82 Å². The van der Waals surface area contributed by atoms with E-state index >= 15 is 0 Å². The molecule has 1 aromatic carbocycles. The van der Waals surface area contributed by atoms with E-state index < -0.39 is 5.82 Å². The minimum Gasteiger partial charge on any atom is -0.399 e. The summed E-state index contributed by atoms with van der Waals surface area (Å²) in [5.74, 6) is -0.732. The molecule has 0 aliphatic carbocycles. The first-order valence-electron chi connectivity index (χ1n) is 6.69. The average molecular weight is 281 g/mol. The van der Waals surface area contributed by atoms with Gasteiger partial charge in [-0.05, 0) is 38.1 Å². The lowest BCUT2D eigenvalue weighted by atomic mass is 10.1. The maximum Gasteiger partial charge on any atom is 0.238 e. The average Bonchev–Trinajstić information content (AvgIpc) is 2.43. The third kappa shape index (κ3) is 3.91. The van der Waals surface area contributed by atoms with Gasteiger partial charge in [-0.1, -0.05) is 0 Å². The van der Waals surface area contributed by atoms with Crippen LogP contribution in [0.3, 0.4) is 0 Å². The number of carbonyl (C=O) groups is 1. The van der Waals surface area contributed by atoms with Crippen LogP contribution in [-0.4, -0.2) is 43.7 Å². The Bertz CT molecular complexity index is 475. The molecule has 0 saturated carbocycles. The molecule has 0 spiro atoms. The number of halogens is 1. The molecular formula is C14H20FN3O2. The zero-order chi connectivity index (χ0) is 14.5. The fourth-order valence-corrected chi connectivity index (χ4v) is 2.31. The van der Waals surface area contributed by atoms with Crippen molar-refractivity contribution in [2.75, 3.05) is 37.9 Å². The third-order valence-corrected chi connectivity index (χ3v) is 3.47. The van der Waals surface area contributed by atoms with Crippen molar-refractivity contribution in [3.8, 4) is 0 Å². The van der Waals surface area contributed by atoms with E-state index in [1.54, 1.807) is 0 Å². The maximum absolute atomic E-state index is 13.5. The van der Waals surface area contributed by atoms with E-state index in [1.807, 2.05) is 11.9 Å². The van der Waals surface area contributed by atoms with Crippen LogP contribution in [-0.2, 0) is 9.53 Å². The molecule has 1 aromatic rings. The number of nitrogens with zero attached hydrogens (tertiary/aromatic N) is 1. The van der Waals surface area contributed by atoms with Gasteiger partial charge in [0.15, 0.2) is 0 Å². The number of carbonyl (C=O) groups excluding carboxylic acids is 1. The van der Waals surface area contributed by atoms with Crippen LogP contribution < -0.4 is 11.1 Å². The second-order valence-electron chi connectivity index (χ2n) is 5.05. The van der Waals surface area contributed by atoms with E-state index in [0.717, 1.165) is 26.1 Å². The molecule has 0 radical (unpaired) electrons. The number of nitrogens with two attached hydrogens (primary N) is 1. The van der Waals surface area contributed by atoms with Crippen molar-refractivity contribution < 1.29 is 13.9 Å². The molecule has 1 fully saturated rings. The van der Waals surface area contributed by atoms with Crippen LogP contribution >= 0.6 is 0 Å². The van der Waals surface area contributed by atoms with Crippen molar-refractivity contribution >= 4 is 17.3 Å². The molecule has 1 amide bonds. The van der Waals surface area contributed by atoms with E-state index in [9.17, 15) is 9.18 Å². The first-order valence-corrected chi connectivity index (χ1v) is 6.69. The van der Waals surface area contributed by atoms with Crippen molar-refractivity contribution in [1.29, 1.82) is 0 Å². The number of ether oxygens (including phenoxy) is 1. The molecular weight excluding hydrogens is 261 g/mol. The highest BCUT2D eigenvalue weighted by atomic mass is 19.1. The molecule has 3 N–H and O–H groups in total. The van der Waals surface area contributed by atoms with E-state index in [2.05, 4.69) is 5.32 Å². The Kier molecular flexibility index (Phi) is 4.92. The summed E-state index contributed by atoms with van der Waals surface area (Å²) in [4.78, 5) is 13.9. The molecule has 0 bridgehead atoms. The highest BCUT2D eigenvalue weighted by molar-refractivity contribution is 5.92. The van der Waals surface area contributed by atoms with Crippen molar-refractivity contribution in [3.63, 3.8) is 0 Å². The molecule has 5 nitrogen and oxygen atoms in total. The second kappa shape index (κ2) is 6.67. The van der Waals surface area contributed by atoms with Crippen LogP contribution in [0.15, 0.2) is 18.2 Å². The molecule has 2 rings (SSSR count). The van der Waals surface area contributed by atoms with Crippen LogP contribution in [0.1, 0.15) is 12.8 Å². The normalized spacial score (nSPS) is 16.4. The van der Waals surface area contributed by atoms with Crippen LogP contribution in [0.25, 0.3) is 0 Å². The first-order chi connectivity index (χ1) is 9.56. The number of rotatable bonds is 4. The van der Waals surface area contributed by atoms with Crippen molar-refractivity contribution in [1.82, 2.24) is 4.90 Å². The van der Waals surface area contributed by atoms with Gasteiger partial charge >= 0.3 is 0 Å².